The van der Waals surface area contributed by atoms with Gasteiger partial charge in [-0.25, -0.2) is 20.0 Å². The predicted molar refractivity (Wildman–Crippen MR) is 106 cm³/mol. The van der Waals surface area contributed by atoms with Gasteiger partial charge in [0.2, 0.25) is 0 Å². The Morgan fingerprint density at radius 1 is 0.586 bits per heavy atom. The summed E-state index contributed by atoms with van der Waals surface area (Å²) in [5.74, 6) is 8.24. The molecular weight excluding hydrogens is 386 g/mol. The molecule has 0 spiro atoms. The molecule has 17 nitrogen and oxygen atoms in total. The van der Waals surface area contributed by atoms with Crippen molar-refractivity contribution >= 4 is 26.9 Å². The number of nitrogens with two attached hydrogens (primary N) is 10. The summed E-state index contributed by atoms with van der Waals surface area (Å²) in [6, 6.07) is 0. The Bertz CT molecular complexity index is 668. The standard InChI is InChI=1S/C12H30N15O2/c1-23-11(24-2)9(17,18)7(13,14)5(28-11)27(21,22)6-8(15,16)10(19,20)12(25-3,26-4)29-6/h5-6H,1-4,13-22H2/q+1. The highest BCUT2D eigenvalue weighted by molar-refractivity contribution is 5.36. The molecule has 2 atom stereocenters. The molecule has 0 saturated carbocycles. The molecule has 17 heteroatoms. The van der Waals surface area contributed by atoms with Crippen LogP contribution in [0.5, 0.6) is 0 Å². The Kier molecular flexibility index (Phi) is 4.92. The molecule has 0 aromatic heterocycles. The summed E-state index contributed by atoms with van der Waals surface area (Å²) < 4.78 is 9.88. The van der Waals surface area contributed by atoms with Crippen molar-refractivity contribution in [3.05, 3.63) is 0 Å². The number of ether oxygens (including phenoxy) is 2. The van der Waals surface area contributed by atoms with E-state index >= 15 is 0 Å². The van der Waals surface area contributed by atoms with Crippen molar-refractivity contribution in [2.45, 2.75) is 46.8 Å². The zero-order valence-electron chi connectivity index (χ0n) is 15.8. The van der Waals surface area contributed by atoms with Gasteiger partial charge in [0.05, 0.1) is 0 Å². The maximum Gasteiger partial charge on any atom is 0.296 e. The number of hydrogen-bond donors (Lipinski definition) is 10. The summed E-state index contributed by atoms with van der Waals surface area (Å²) in [7, 11) is 0. The van der Waals surface area contributed by atoms with Gasteiger partial charge in [0, 0.05) is 0 Å². The van der Waals surface area contributed by atoms with Gasteiger partial charge in [-0.15, -0.1) is 4.70 Å². The Balaban J connectivity index is 2.67. The summed E-state index contributed by atoms with van der Waals surface area (Å²) in [4.78, 5) is 14.6. The van der Waals surface area contributed by atoms with Crippen LogP contribution in [0.15, 0.2) is 20.0 Å². The van der Waals surface area contributed by atoms with E-state index in [1.807, 2.05) is 0 Å². The van der Waals surface area contributed by atoms with Crippen LogP contribution in [-0.4, -0.2) is 78.4 Å². The van der Waals surface area contributed by atoms with E-state index < -0.39 is 51.5 Å². The molecule has 2 aliphatic heterocycles. The van der Waals surface area contributed by atoms with Crippen LogP contribution >= 0.6 is 0 Å². The van der Waals surface area contributed by atoms with E-state index in [1.165, 1.54) is 0 Å². The van der Waals surface area contributed by atoms with E-state index in [0.29, 0.717) is 0 Å². The first-order valence-corrected chi connectivity index (χ1v) is 7.96. The van der Waals surface area contributed by atoms with Crippen LogP contribution in [0.1, 0.15) is 0 Å². The van der Waals surface area contributed by atoms with Crippen molar-refractivity contribution in [2.24, 2.45) is 77.5 Å². The molecule has 0 bridgehead atoms. The molecule has 2 aliphatic rings. The molecule has 0 amide bonds. The smallest absolute Gasteiger partial charge is 0.296 e. The monoisotopic (exact) mass is 416 g/mol. The van der Waals surface area contributed by atoms with Gasteiger partial charge in [-0.1, -0.05) is 0 Å². The van der Waals surface area contributed by atoms with Gasteiger partial charge in [0.25, 0.3) is 24.2 Å². The summed E-state index contributed by atoms with van der Waals surface area (Å²) in [5.41, 5.74) is 40.0. The lowest BCUT2D eigenvalue weighted by Gasteiger charge is -2.45. The fraction of sp³-hybridized carbons (Fsp3) is 0.667. The minimum absolute atomic E-state index is 1.42. The summed E-state index contributed by atoms with van der Waals surface area (Å²) >= 11 is 0. The number of rotatable bonds is 6. The van der Waals surface area contributed by atoms with Crippen molar-refractivity contribution in [1.29, 1.82) is 0 Å². The second-order valence-electron chi connectivity index (χ2n) is 7.29. The largest absolute Gasteiger partial charge is 0.305 e. The van der Waals surface area contributed by atoms with Crippen LogP contribution in [0.2, 0.25) is 0 Å². The molecule has 164 valence electrons. The predicted octanol–water partition coefficient (Wildman–Crippen LogP) is -7.17. The fourth-order valence-electron chi connectivity index (χ4n) is 3.49. The second kappa shape index (κ2) is 6.09. The number of quaternary nitrogens is 1. The molecule has 0 aliphatic carbocycles. The quantitative estimate of drug-likeness (QED) is 0.0634. The lowest BCUT2D eigenvalue weighted by atomic mass is 9.89. The number of nitrogens with zero attached hydrogens (tertiary/aromatic N) is 5. The average Bonchev–Trinajstić information content (AvgIpc) is 2.89. The Hall–Kier alpha value is -1.84. The third-order valence-corrected chi connectivity index (χ3v) is 5.55. The van der Waals surface area contributed by atoms with Gasteiger partial charge in [0.15, 0.2) is 22.7 Å². The van der Waals surface area contributed by atoms with Crippen molar-refractivity contribution < 1.29 is 14.2 Å². The molecule has 20 N–H and O–H groups in total. The van der Waals surface area contributed by atoms with E-state index in [-0.39, 0.29) is 0 Å². The lowest BCUT2D eigenvalue weighted by Crippen LogP contribution is -2.91. The van der Waals surface area contributed by atoms with Crippen LogP contribution in [0.25, 0.3) is 0 Å². The van der Waals surface area contributed by atoms with Crippen molar-refractivity contribution in [3.63, 3.8) is 0 Å². The highest BCUT2D eigenvalue weighted by Crippen LogP contribution is 2.47. The molecule has 0 aromatic rings. The molecular formula is C12H30N15O2+. The highest BCUT2D eigenvalue weighted by Gasteiger charge is 2.80. The Morgan fingerprint density at radius 2 is 0.828 bits per heavy atom. The van der Waals surface area contributed by atoms with Crippen molar-refractivity contribution in [3.8, 4) is 0 Å². The highest BCUT2D eigenvalue weighted by atomic mass is 16.6. The first-order chi connectivity index (χ1) is 12.9. The summed E-state index contributed by atoms with van der Waals surface area (Å²) in [6.07, 6.45) is -3.43. The van der Waals surface area contributed by atoms with Crippen LogP contribution < -0.4 is 57.6 Å². The van der Waals surface area contributed by atoms with E-state index in [0.717, 1.165) is 0 Å². The summed E-state index contributed by atoms with van der Waals surface area (Å²) in [6.45, 7) is 13.3. The van der Waals surface area contributed by atoms with Crippen LogP contribution in [0.3, 0.4) is 0 Å². The zero-order valence-corrected chi connectivity index (χ0v) is 15.8. The molecule has 0 aromatic carbocycles. The topological polar surface area (TPSA) is 328 Å². The van der Waals surface area contributed by atoms with E-state index in [1.54, 1.807) is 0 Å². The van der Waals surface area contributed by atoms with Gasteiger partial charge >= 0.3 is 0 Å². The van der Waals surface area contributed by atoms with Gasteiger partial charge < -0.3 is 45.9 Å². The first-order valence-electron chi connectivity index (χ1n) is 7.96. The third kappa shape index (κ3) is 2.38. The minimum atomic E-state index is -2.22. The fourth-order valence-corrected chi connectivity index (χ4v) is 3.49. The Labute approximate surface area is 166 Å². The van der Waals surface area contributed by atoms with Crippen LogP contribution in [-0.2, 0) is 9.47 Å². The minimum Gasteiger partial charge on any atom is -0.305 e. The molecule has 2 heterocycles. The SMILES string of the molecule is C=NC1(N=C)OC([N+](N)(N)C2OC(N=C)(N=C)C(N)(N)C2(N)N)C(N)(N)C1(N)N. The van der Waals surface area contributed by atoms with Gasteiger partial charge in [0.1, 0.15) is 0 Å². The maximum absolute atomic E-state index is 6.26. The molecule has 2 fully saturated rings. The van der Waals surface area contributed by atoms with Crippen molar-refractivity contribution in [1.82, 2.24) is 0 Å². The van der Waals surface area contributed by atoms with E-state index in [2.05, 4.69) is 46.8 Å². The third-order valence-electron chi connectivity index (χ3n) is 5.55. The van der Waals surface area contributed by atoms with Crippen LogP contribution in [0, 0.1) is 0 Å². The average molecular weight is 416 g/mol. The zero-order chi connectivity index (χ0) is 22.9. The molecule has 2 rings (SSSR count). The van der Waals surface area contributed by atoms with Crippen molar-refractivity contribution in [2.75, 3.05) is 0 Å². The van der Waals surface area contributed by atoms with E-state index in [4.69, 9.17) is 67.0 Å². The molecule has 29 heavy (non-hydrogen) atoms. The van der Waals surface area contributed by atoms with Gasteiger partial charge in [-0.2, -0.15) is 11.7 Å². The first kappa shape index (κ1) is 23.4. The summed E-state index contributed by atoms with van der Waals surface area (Å²) in [5, 5.41) is 0. The lowest BCUT2D eigenvalue weighted by molar-refractivity contribution is -1.04. The molecule has 2 unspecified atom stereocenters. The van der Waals surface area contributed by atoms with Gasteiger partial charge in [-0.05, 0) is 26.9 Å². The second-order valence-corrected chi connectivity index (χ2v) is 7.29. The number of aliphatic imine (C=N–C) groups is 4. The van der Waals surface area contributed by atoms with E-state index in [9.17, 15) is 0 Å². The molecule has 2 saturated heterocycles. The van der Waals surface area contributed by atoms with Gasteiger partial charge in [-0.3, -0.25) is 9.47 Å². The van der Waals surface area contributed by atoms with Crippen LogP contribution in [0.4, 0.5) is 0 Å². The molecule has 0 radical (unpaired) electrons. The normalized spacial score (nSPS) is 33.0. The maximum atomic E-state index is 6.26. The number of hydrogen-bond acceptors (Lipinski definition) is 16. The Morgan fingerprint density at radius 3 is 1.00 bits per heavy atom.